The molecule has 7 rings (SSSR count). The molecule has 6 aromatic rings. The molecule has 1 aromatic heterocycles. The van der Waals surface area contributed by atoms with E-state index in [4.69, 9.17) is 19.3 Å². The smallest absolute Gasteiger partial charge is 0.303 e. The Labute approximate surface area is 335 Å². The van der Waals surface area contributed by atoms with Crippen LogP contribution in [-0.4, -0.2) is 72.3 Å². The van der Waals surface area contributed by atoms with Crippen LogP contribution in [0.15, 0.2) is 121 Å². The van der Waals surface area contributed by atoms with Crippen LogP contribution in [0.3, 0.4) is 0 Å². The van der Waals surface area contributed by atoms with Gasteiger partial charge in [-0.25, -0.2) is 0 Å². The molecule has 9 heteroatoms. The van der Waals surface area contributed by atoms with Gasteiger partial charge in [0.25, 0.3) is 0 Å². The van der Waals surface area contributed by atoms with Gasteiger partial charge in [0.15, 0.2) is 17.3 Å². The molecule has 0 saturated carbocycles. The molecule has 1 aliphatic heterocycles. The van der Waals surface area contributed by atoms with Crippen LogP contribution >= 0.6 is 0 Å². The van der Waals surface area contributed by atoms with Crippen molar-refractivity contribution in [2.45, 2.75) is 46.3 Å². The maximum absolute atomic E-state index is 13.9. The monoisotopic (exact) mass is 765 g/mol. The fourth-order valence-electron chi connectivity index (χ4n) is 7.44. The van der Waals surface area contributed by atoms with Crippen molar-refractivity contribution in [1.82, 2.24) is 9.47 Å². The van der Waals surface area contributed by atoms with Gasteiger partial charge >= 0.3 is 5.97 Å². The molecular weight excluding hydrogens is 715 g/mol. The number of ether oxygens (including phenoxy) is 3. The molecule has 0 aliphatic carbocycles. The number of carbonyl (C=O) groups is 2. The highest BCUT2D eigenvalue weighted by molar-refractivity contribution is 6.09. The fourth-order valence-corrected chi connectivity index (χ4v) is 7.44. The second kappa shape index (κ2) is 18.7. The molecule has 0 spiro atoms. The van der Waals surface area contributed by atoms with Crippen LogP contribution in [0.25, 0.3) is 22.0 Å². The summed E-state index contributed by atoms with van der Waals surface area (Å²) in [7, 11) is 0. The Hall–Kier alpha value is -6.06. The number of carboxylic acids is 1. The number of carbonyl (C=O) groups excluding carboxylic acids is 1. The highest BCUT2D eigenvalue weighted by Gasteiger charge is 2.20. The summed E-state index contributed by atoms with van der Waals surface area (Å²) in [5.41, 5.74) is 7.58. The number of hydrogen-bond acceptors (Lipinski definition) is 7. The quantitative estimate of drug-likeness (QED) is 0.0684. The molecule has 5 aromatic carbocycles. The van der Waals surface area contributed by atoms with Gasteiger partial charge in [-0.2, -0.15) is 0 Å². The number of anilines is 1. The van der Waals surface area contributed by atoms with E-state index in [0.29, 0.717) is 55.4 Å². The van der Waals surface area contributed by atoms with Crippen molar-refractivity contribution in [2.75, 3.05) is 50.8 Å². The molecule has 294 valence electrons. The summed E-state index contributed by atoms with van der Waals surface area (Å²) in [6, 6.07) is 37.8. The summed E-state index contributed by atoms with van der Waals surface area (Å²) >= 11 is 0. The first-order valence-electron chi connectivity index (χ1n) is 20.0. The van der Waals surface area contributed by atoms with Gasteiger partial charge in [0.2, 0.25) is 0 Å². The number of aromatic nitrogens is 1. The zero-order valence-corrected chi connectivity index (χ0v) is 32.9. The second-order valence-electron chi connectivity index (χ2n) is 14.5. The molecule has 1 fully saturated rings. The summed E-state index contributed by atoms with van der Waals surface area (Å²) in [5, 5.41) is 10.2. The van der Waals surface area contributed by atoms with Gasteiger partial charge < -0.3 is 28.8 Å². The van der Waals surface area contributed by atoms with Gasteiger partial charge in [0, 0.05) is 79.5 Å². The molecule has 0 amide bonds. The number of rotatable bonds is 18. The maximum atomic E-state index is 13.9. The van der Waals surface area contributed by atoms with Crippen LogP contribution < -0.4 is 19.1 Å². The molecule has 0 atom stereocenters. The molecule has 0 radical (unpaired) electrons. The van der Waals surface area contributed by atoms with Crippen molar-refractivity contribution in [1.29, 1.82) is 0 Å². The van der Waals surface area contributed by atoms with E-state index in [1.165, 1.54) is 5.56 Å². The number of benzene rings is 5. The highest BCUT2D eigenvalue weighted by atomic mass is 16.5. The molecule has 1 saturated heterocycles. The predicted molar refractivity (Wildman–Crippen MR) is 226 cm³/mol. The fraction of sp³-hybridized carbons (Fsp3) is 0.292. The average molecular weight is 766 g/mol. The number of aliphatic carboxylic acids is 1. The SMILES string of the molecule is CCOc1ccccc1N1CCN(CCCOc2cc(C(=O)c3ccc(-c4cn(CCCC(=O)O)c5ccccc45)cc3)ccc2OCc2ccc(C)cc2)CC1. The zero-order chi connectivity index (χ0) is 39.6. The van der Waals surface area contributed by atoms with E-state index >= 15 is 0 Å². The standard InChI is InChI=1S/C48H51N3O6/c1-3-55-44-13-7-6-12-43(44)50-29-27-49(28-30-50)25-9-31-56-46-32-39(23-24-45(46)57-34-36-17-15-35(2)16-18-36)48(54)38-21-19-37(20-22-38)41-33-51(26-8-14-47(52)53)42-11-5-4-10-40(41)42/h4-7,10-13,15-24,32-33H,3,8-9,14,25-31,34H2,1-2H3,(H,52,53). The molecule has 9 nitrogen and oxygen atoms in total. The van der Waals surface area contributed by atoms with Crippen LogP contribution in [0.5, 0.6) is 17.2 Å². The summed E-state index contributed by atoms with van der Waals surface area (Å²) in [6.45, 7) is 10.9. The summed E-state index contributed by atoms with van der Waals surface area (Å²) in [5.74, 6) is 1.20. The topological polar surface area (TPSA) is 93.5 Å². The average Bonchev–Trinajstić information content (AvgIpc) is 3.61. The third-order valence-corrected chi connectivity index (χ3v) is 10.5. The Bertz CT molecular complexity index is 2270. The Morgan fingerprint density at radius 1 is 0.702 bits per heavy atom. The Balaban J connectivity index is 1.01. The van der Waals surface area contributed by atoms with Crippen molar-refractivity contribution >= 4 is 28.3 Å². The molecular formula is C48H51N3O6. The van der Waals surface area contributed by atoms with E-state index in [2.05, 4.69) is 76.0 Å². The molecule has 1 N–H and O–H groups in total. The largest absolute Gasteiger partial charge is 0.492 e. The minimum absolute atomic E-state index is 0.101. The van der Waals surface area contributed by atoms with E-state index in [1.807, 2.05) is 67.6 Å². The highest BCUT2D eigenvalue weighted by Crippen LogP contribution is 2.34. The summed E-state index contributed by atoms with van der Waals surface area (Å²) in [4.78, 5) is 29.9. The number of para-hydroxylation sites is 3. The van der Waals surface area contributed by atoms with Crippen molar-refractivity contribution in [3.05, 3.63) is 144 Å². The summed E-state index contributed by atoms with van der Waals surface area (Å²) < 4.78 is 20.7. The minimum Gasteiger partial charge on any atom is -0.492 e. The van der Waals surface area contributed by atoms with Crippen molar-refractivity contribution < 1.29 is 28.9 Å². The lowest BCUT2D eigenvalue weighted by atomic mass is 9.99. The van der Waals surface area contributed by atoms with Crippen molar-refractivity contribution in [3.8, 4) is 28.4 Å². The minimum atomic E-state index is -0.795. The summed E-state index contributed by atoms with van der Waals surface area (Å²) in [6.07, 6.45) is 3.58. The molecule has 57 heavy (non-hydrogen) atoms. The Morgan fingerprint density at radius 3 is 2.21 bits per heavy atom. The zero-order valence-electron chi connectivity index (χ0n) is 32.9. The molecule has 0 bridgehead atoms. The first kappa shape index (κ1) is 39.2. The second-order valence-corrected chi connectivity index (χ2v) is 14.5. The van der Waals surface area contributed by atoms with E-state index in [0.717, 1.165) is 78.2 Å². The number of carboxylic acid groups (broad SMARTS) is 1. The lowest BCUT2D eigenvalue weighted by Crippen LogP contribution is -2.46. The first-order valence-corrected chi connectivity index (χ1v) is 20.0. The number of ketones is 1. The van der Waals surface area contributed by atoms with Crippen LogP contribution in [0, 0.1) is 6.92 Å². The molecule has 1 aliphatic rings. The van der Waals surface area contributed by atoms with E-state index in [9.17, 15) is 9.59 Å². The number of aryl methyl sites for hydroxylation is 2. The van der Waals surface area contributed by atoms with Gasteiger partial charge in [0.1, 0.15) is 12.4 Å². The first-order chi connectivity index (χ1) is 27.9. The maximum Gasteiger partial charge on any atom is 0.303 e. The van der Waals surface area contributed by atoms with Crippen LogP contribution in [0.1, 0.15) is 53.2 Å². The predicted octanol–water partition coefficient (Wildman–Crippen LogP) is 9.28. The molecule has 0 unspecified atom stereocenters. The van der Waals surface area contributed by atoms with E-state index < -0.39 is 5.97 Å². The van der Waals surface area contributed by atoms with E-state index in [-0.39, 0.29) is 12.2 Å². The van der Waals surface area contributed by atoms with Crippen LogP contribution in [0.2, 0.25) is 0 Å². The van der Waals surface area contributed by atoms with E-state index in [1.54, 1.807) is 6.07 Å². The van der Waals surface area contributed by atoms with Gasteiger partial charge in [-0.3, -0.25) is 14.5 Å². The number of piperazine rings is 1. The Morgan fingerprint density at radius 2 is 1.44 bits per heavy atom. The lowest BCUT2D eigenvalue weighted by molar-refractivity contribution is -0.137. The van der Waals surface area contributed by atoms with Gasteiger partial charge in [-0.1, -0.05) is 84.4 Å². The van der Waals surface area contributed by atoms with Crippen molar-refractivity contribution in [3.63, 3.8) is 0 Å². The number of nitrogens with zero attached hydrogens (tertiary/aromatic N) is 3. The van der Waals surface area contributed by atoms with Crippen LogP contribution in [0.4, 0.5) is 5.69 Å². The lowest BCUT2D eigenvalue weighted by Gasteiger charge is -2.36. The normalized spacial score (nSPS) is 13.1. The third kappa shape index (κ3) is 9.85. The van der Waals surface area contributed by atoms with Crippen molar-refractivity contribution in [2.24, 2.45) is 0 Å². The number of hydrogen-bond donors (Lipinski definition) is 1. The van der Waals surface area contributed by atoms with Gasteiger partial charge in [0.05, 0.1) is 18.9 Å². The third-order valence-electron chi connectivity index (χ3n) is 10.5. The van der Waals surface area contributed by atoms with Crippen LogP contribution in [-0.2, 0) is 17.9 Å². The van der Waals surface area contributed by atoms with Gasteiger partial charge in [-0.15, -0.1) is 0 Å². The number of fused-ring (bicyclic) bond motifs is 1. The van der Waals surface area contributed by atoms with Gasteiger partial charge in [-0.05, 0) is 74.2 Å². The molecule has 2 heterocycles. The Kier molecular flexibility index (Phi) is 12.9.